The Bertz CT molecular complexity index is 481. The number of rotatable bonds is 5. The Hall–Kier alpha value is -1.91. The van der Waals surface area contributed by atoms with Crippen molar-refractivity contribution in [3.05, 3.63) is 30.1 Å². The number of aromatic nitrogens is 1. The van der Waals surface area contributed by atoms with Gasteiger partial charge >= 0.3 is 5.97 Å². The highest BCUT2D eigenvalue weighted by Crippen LogP contribution is 2.41. The molecule has 2 rings (SSSR count). The second-order valence-electron chi connectivity index (χ2n) is 5.54. The quantitative estimate of drug-likeness (QED) is 0.864. The first-order chi connectivity index (χ1) is 9.53. The van der Waals surface area contributed by atoms with E-state index in [1.54, 1.807) is 12.4 Å². The molecule has 2 N–H and O–H groups in total. The van der Waals surface area contributed by atoms with Gasteiger partial charge in [-0.2, -0.15) is 0 Å². The summed E-state index contributed by atoms with van der Waals surface area (Å²) in [5, 5.41) is 12.2. The summed E-state index contributed by atoms with van der Waals surface area (Å²) in [6.07, 6.45) is 6.40. The van der Waals surface area contributed by atoms with Crippen LogP contribution in [-0.2, 0) is 9.59 Å². The Labute approximate surface area is 118 Å². The van der Waals surface area contributed by atoms with E-state index in [0.717, 1.165) is 18.4 Å². The normalized spacial score (nSPS) is 18.4. The third-order valence-corrected chi connectivity index (χ3v) is 4.08. The molecule has 1 saturated carbocycles. The van der Waals surface area contributed by atoms with Gasteiger partial charge in [0, 0.05) is 18.8 Å². The molecule has 0 aliphatic heterocycles. The summed E-state index contributed by atoms with van der Waals surface area (Å²) in [4.78, 5) is 27.5. The predicted octanol–water partition coefficient (Wildman–Crippen LogP) is 2.29. The lowest BCUT2D eigenvalue weighted by Gasteiger charge is -2.24. The van der Waals surface area contributed by atoms with E-state index in [-0.39, 0.29) is 18.4 Å². The van der Waals surface area contributed by atoms with Gasteiger partial charge < -0.3 is 10.4 Å². The zero-order valence-electron chi connectivity index (χ0n) is 11.6. The first-order valence-electron chi connectivity index (χ1n) is 6.96. The minimum absolute atomic E-state index is 0.0624. The van der Waals surface area contributed by atoms with Crippen molar-refractivity contribution < 1.29 is 14.7 Å². The standard InChI is InChI=1S/C15H20N2O3/c1-11(12-5-4-8-16-10-12)17-13(18)9-15(14(19)20)6-2-3-7-15/h4-5,8,10-11H,2-3,6-7,9H2,1H3,(H,17,18)(H,19,20). The van der Waals surface area contributed by atoms with Gasteiger partial charge in [-0.3, -0.25) is 14.6 Å². The topological polar surface area (TPSA) is 79.3 Å². The van der Waals surface area contributed by atoms with Crippen molar-refractivity contribution in [2.75, 3.05) is 0 Å². The summed E-state index contributed by atoms with van der Waals surface area (Å²) in [6.45, 7) is 1.87. The Morgan fingerprint density at radius 2 is 2.15 bits per heavy atom. The zero-order valence-corrected chi connectivity index (χ0v) is 11.6. The third-order valence-electron chi connectivity index (χ3n) is 4.08. The fourth-order valence-corrected chi connectivity index (χ4v) is 2.83. The number of carboxylic acids is 1. The van der Waals surface area contributed by atoms with Crippen LogP contribution in [0.5, 0.6) is 0 Å². The maximum absolute atomic E-state index is 12.1. The number of nitrogens with zero attached hydrogens (tertiary/aromatic N) is 1. The van der Waals surface area contributed by atoms with Crippen LogP contribution in [0, 0.1) is 5.41 Å². The summed E-state index contributed by atoms with van der Waals surface area (Å²) < 4.78 is 0. The molecule has 1 aliphatic rings. The van der Waals surface area contributed by atoms with Gasteiger partial charge in [0.05, 0.1) is 11.5 Å². The molecule has 1 atom stereocenters. The fraction of sp³-hybridized carbons (Fsp3) is 0.533. The van der Waals surface area contributed by atoms with Crippen LogP contribution in [0.4, 0.5) is 0 Å². The first kappa shape index (κ1) is 14.5. The smallest absolute Gasteiger partial charge is 0.310 e. The summed E-state index contributed by atoms with van der Waals surface area (Å²) in [5.74, 6) is -1.05. The van der Waals surface area contributed by atoms with Gasteiger partial charge in [-0.1, -0.05) is 18.9 Å². The van der Waals surface area contributed by atoms with Crippen molar-refractivity contribution in [3.8, 4) is 0 Å². The van der Waals surface area contributed by atoms with Crippen LogP contribution < -0.4 is 5.32 Å². The Kier molecular flexibility index (Phi) is 4.37. The first-order valence-corrected chi connectivity index (χ1v) is 6.96. The molecule has 1 aromatic heterocycles. The van der Waals surface area contributed by atoms with E-state index >= 15 is 0 Å². The summed E-state index contributed by atoms with van der Waals surface area (Å²) in [7, 11) is 0. The van der Waals surface area contributed by atoms with E-state index in [0.29, 0.717) is 12.8 Å². The number of carbonyl (C=O) groups is 2. The van der Waals surface area contributed by atoms with Crippen molar-refractivity contribution in [3.63, 3.8) is 0 Å². The molecule has 0 bridgehead atoms. The molecule has 0 spiro atoms. The maximum Gasteiger partial charge on any atom is 0.310 e. The number of aliphatic carboxylic acids is 1. The van der Waals surface area contributed by atoms with Gasteiger partial charge in [-0.05, 0) is 31.4 Å². The minimum atomic E-state index is -0.862. The molecule has 5 heteroatoms. The van der Waals surface area contributed by atoms with E-state index in [4.69, 9.17) is 0 Å². The Balaban J connectivity index is 1.97. The molecule has 1 aromatic rings. The third kappa shape index (κ3) is 3.15. The highest BCUT2D eigenvalue weighted by molar-refractivity contribution is 5.85. The molecule has 0 aromatic carbocycles. The highest BCUT2D eigenvalue weighted by atomic mass is 16.4. The van der Waals surface area contributed by atoms with E-state index in [9.17, 15) is 14.7 Å². The predicted molar refractivity (Wildman–Crippen MR) is 73.9 cm³/mol. The second kappa shape index (κ2) is 6.03. The zero-order chi connectivity index (χ0) is 14.6. The highest BCUT2D eigenvalue weighted by Gasteiger charge is 2.43. The van der Waals surface area contributed by atoms with E-state index in [2.05, 4.69) is 10.3 Å². The molecular formula is C15H20N2O3. The summed E-state index contributed by atoms with van der Waals surface area (Å²) in [6, 6.07) is 3.54. The number of carbonyl (C=O) groups excluding carboxylic acids is 1. The van der Waals surface area contributed by atoms with Crippen LogP contribution >= 0.6 is 0 Å². The maximum atomic E-state index is 12.1. The van der Waals surface area contributed by atoms with Crippen molar-refractivity contribution in [2.24, 2.45) is 5.41 Å². The minimum Gasteiger partial charge on any atom is -0.481 e. The molecule has 1 fully saturated rings. The lowest BCUT2D eigenvalue weighted by molar-refractivity contribution is -0.151. The molecule has 20 heavy (non-hydrogen) atoms. The van der Waals surface area contributed by atoms with E-state index in [1.807, 2.05) is 19.1 Å². The number of nitrogens with one attached hydrogen (secondary N) is 1. The lowest BCUT2D eigenvalue weighted by atomic mass is 9.82. The average molecular weight is 276 g/mol. The number of hydrogen-bond acceptors (Lipinski definition) is 3. The SMILES string of the molecule is CC(NC(=O)CC1(C(=O)O)CCCC1)c1cccnc1. The lowest BCUT2D eigenvalue weighted by Crippen LogP contribution is -2.36. The van der Waals surface area contributed by atoms with Crippen LogP contribution in [-0.4, -0.2) is 22.0 Å². The molecule has 0 radical (unpaired) electrons. The molecule has 1 amide bonds. The van der Waals surface area contributed by atoms with Crippen LogP contribution in [0.15, 0.2) is 24.5 Å². The molecule has 5 nitrogen and oxygen atoms in total. The monoisotopic (exact) mass is 276 g/mol. The van der Waals surface area contributed by atoms with Crippen molar-refractivity contribution in [2.45, 2.75) is 45.1 Å². The van der Waals surface area contributed by atoms with E-state index in [1.165, 1.54) is 0 Å². The van der Waals surface area contributed by atoms with Gasteiger partial charge in [0.2, 0.25) is 5.91 Å². The average Bonchev–Trinajstić information content (AvgIpc) is 2.89. The van der Waals surface area contributed by atoms with Gasteiger partial charge in [-0.25, -0.2) is 0 Å². The molecule has 1 aliphatic carbocycles. The second-order valence-corrected chi connectivity index (χ2v) is 5.54. The van der Waals surface area contributed by atoms with Gasteiger partial charge in [0.1, 0.15) is 0 Å². The largest absolute Gasteiger partial charge is 0.481 e. The number of hydrogen-bond donors (Lipinski definition) is 2. The number of amides is 1. The van der Waals surface area contributed by atoms with Gasteiger partial charge in [0.25, 0.3) is 0 Å². The Morgan fingerprint density at radius 1 is 1.45 bits per heavy atom. The van der Waals surface area contributed by atoms with E-state index < -0.39 is 11.4 Å². The molecule has 0 saturated heterocycles. The molecule has 1 unspecified atom stereocenters. The van der Waals surface area contributed by atoms with Crippen molar-refractivity contribution in [1.82, 2.24) is 10.3 Å². The van der Waals surface area contributed by atoms with Crippen LogP contribution in [0.3, 0.4) is 0 Å². The molecule has 1 heterocycles. The number of carboxylic acid groups (broad SMARTS) is 1. The number of pyridine rings is 1. The van der Waals surface area contributed by atoms with Gasteiger partial charge in [-0.15, -0.1) is 0 Å². The fourth-order valence-electron chi connectivity index (χ4n) is 2.83. The Morgan fingerprint density at radius 3 is 2.70 bits per heavy atom. The summed E-state index contributed by atoms with van der Waals surface area (Å²) >= 11 is 0. The van der Waals surface area contributed by atoms with Crippen LogP contribution in [0.25, 0.3) is 0 Å². The van der Waals surface area contributed by atoms with Crippen LogP contribution in [0.2, 0.25) is 0 Å². The summed E-state index contributed by atoms with van der Waals surface area (Å²) in [5.41, 5.74) is 0.0512. The molecule has 108 valence electrons. The van der Waals surface area contributed by atoms with Crippen LogP contribution in [0.1, 0.15) is 50.6 Å². The molecular weight excluding hydrogens is 256 g/mol. The van der Waals surface area contributed by atoms with Crippen molar-refractivity contribution in [1.29, 1.82) is 0 Å². The van der Waals surface area contributed by atoms with Crippen molar-refractivity contribution >= 4 is 11.9 Å². The van der Waals surface area contributed by atoms with Gasteiger partial charge in [0.15, 0.2) is 0 Å².